The van der Waals surface area contributed by atoms with Crippen LogP contribution in [0, 0.1) is 18.8 Å². The largest absolute Gasteiger partial charge is 0.379 e. The van der Waals surface area contributed by atoms with Gasteiger partial charge in [0.15, 0.2) is 0 Å². The summed E-state index contributed by atoms with van der Waals surface area (Å²) in [6.45, 7) is 5.10. The zero-order valence-corrected chi connectivity index (χ0v) is 18.1. The summed E-state index contributed by atoms with van der Waals surface area (Å²) in [6, 6.07) is 8.62. The lowest BCUT2D eigenvalue weighted by molar-refractivity contribution is -0.00545. The number of ether oxygens (including phenoxy) is 1. The quantitative estimate of drug-likeness (QED) is 0.679. The molecule has 4 atom stereocenters. The summed E-state index contributed by atoms with van der Waals surface area (Å²) in [5.41, 5.74) is 9.96. The summed E-state index contributed by atoms with van der Waals surface area (Å²) in [4.78, 5) is 10.7. The highest BCUT2D eigenvalue weighted by Crippen LogP contribution is 2.42. The number of fused-ring (bicyclic) bond motifs is 1. The topological polar surface area (TPSA) is 95.0 Å². The van der Waals surface area contributed by atoms with Gasteiger partial charge >= 0.3 is 0 Å². The third-order valence-corrected chi connectivity index (χ3v) is 6.79. The highest BCUT2D eigenvalue weighted by molar-refractivity contribution is 5.57. The number of nitrogen functional groups attached to an aromatic ring is 1. The molecule has 2 aliphatic rings. The van der Waals surface area contributed by atoms with Gasteiger partial charge in [-0.3, -0.25) is 4.90 Å². The highest BCUT2D eigenvalue weighted by atomic mass is 16.5. The van der Waals surface area contributed by atoms with Crippen LogP contribution in [-0.4, -0.2) is 56.2 Å². The average molecular weight is 420 g/mol. The van der Waals surface area contributed by atoms with Gasteiger partial charge in [-0.15, -0.1) is 5.10 Å². The van der Waals surface area contributed by atoms with Crippen LogP contribution in [0.15, 0.2) is 42.9 Å². The fourth-order valence-electron chi connectivity index (χ4n) is 5.15. The SMILES string of the molecule is CO[C@@H]1C[C@H]2CN(Cc3cnc(N)nc3)C[C@H]2C[C@H]1n1cc(-c2ccc(C)cc2)nn1. The van der Waals surface area contributed by atoms with E-state index < -0.39 is 0 Å². The maximum absolute atomic E-state index is 5.92. The maximum atomic E-state index is 5.92. The number of aromatic nitrogens is 5. The van der Waals surface area contributed by atoms with Crippen molar-refractivity contribution in [3.05, 3.63) is 54.0 Å². The number of hydrogen-bond donors (Lipinski definition) is 1. The van der Waals surface area contributed by atoms with Crippen LogP contribution in [0.4, 0.5) is 5.95 Å². The smallest absolute Gasteiger partial charge is 0.219 e. The Kier molecular flexibility index (Phi) is 5.41. The number of aryl methyl sites for hydroxylation is 1. The van der Waals surface area contributed by atoms with Crippen LogP contribution in [0.25, 0.3) is 11.3 Å². The van der Waals surface area contributed by atoms with Crippen molar-refractivity contribution >= 4 is 5.95 Å². The molecule has 1 aromatic carbocycles. The number of anilines is 1. The molecule has 0 radical (unpaired) electrons. The van der Waals surface area contributed by atoms with Crippen molar-refractivity contribution in [2.75, 3.05) is 25.9 Å². The molecule has 31 heavy (non-hydrogen) atoms. The molecule has 0 spiro atoms. The summed E-state index contributed by atoms with van der Waals surface area (Å²) < 4.78 is 7.95. The summed E-state index contributed by atoms with van der Waals surface area (Å²) in [6.07, 6.45) is 7.96. The molecule has 0 bridgehead atoms. The molecule has 1 aliphatic heterocycles. The standard InChI is InChI=1S/C23H29N7O/c1-15-3-5-17(6-4-15)20-14-30(28-27-20)21-7-18-12-29(13-19(18)8-22(21)31-2)11-16-9-25-23(24)26-10-16/h3-6,9-10,14,18-19,21-22H,7-8,11-13H2,1-2H3,(H2,24,25,26)/t18-,19+,21-,22-/m1/s1. The van der Waals surface area contributed by atoms with Crippen molar-refractivity contribution < 1.29 is 4.74 Å². The molecule has 0 amide bonds. The third kappa shape index (κ3) is 4.18. The number of rotatable bonds is 5. The molecule has 2 aromatic heterocycles. The van der Waals surface area contributed by atoms with Gasteiger partial charge in [-0.1, -0.05) is 35.0 Å². The van der Waals surface area contributed by atoms with Crippen LogP contribution < -0.4 is 5.73 Å². The predicted octanol–water partition coefficient (Wildman–Crippen LogP) is 2.72. The van der Waals surface area contributed by atoms with Gasteiger partial charge in [-0.2, -0.15) is 0 Å². The molecular formula is C23H29N7O. The van der Waals surface area contributed by atoms with Crippen molar-refractivity contribution in [2.45, 2.75) is 38.5 Å². The van der Waals surface area contributed by atoms with Crippen LogP contribution in [0.1, 0.15) is 30.0 Å². The van der Waals surface area contributed by atoms with E-state index in [0.717, 1.165) is 49.3 Å². The molecule has 2 N–H and O–H groups in total. The van der Waals surface area contributed by atoms with Crippen molar-refractivity contribution in [3.8, 4) is 11.3 Å². The normalized spacial score (nSPS) is 26.1. The predicted molar refractivity (Wildman–Crippen MR) is 118 cm³/mol. The van der Waals surface area contributed by atoms with E-state index in [4.69, 9.17) is 10.5 Å². The Morgan fingerprint density at radius 3 is 2.48 bits per heavy atom. The van der Waals surface area contributed by atoms with Gasteiger partial charge in [0.05, 0.1) is 18.3 Å². The van der Waals surface area contributed by atoms with Gasteiger partial charge in [-0.05, 0) is 31.6 Å². The minimum Gasteiger partial charge on any atom is -0.379 e. The Morgan fingerprint density at radius 2 is 1.77 bits per heavy atom. The van der Waals surface area contributed by atoms with E-state index in [1.54, 1.807) is 0 Å². The highest BCUT2D eigenvalue weighted by Gasteiger charge is 2.43. The average Bonchev–Trinajstić information content (AvgIpc) is 3.41. The van der Waals surface area contributed by atoms with Gasteiger partial charge in [0.2, 0.25) is 5.95 Å². The first-order valence-electron chi connectivity index (χ1n) is 10.9. The van der Waals surface area contributed by atoms with Gasteiger partial charge in [0.25, 0.3) is 0 Å². The molecule has 2 fully saturated rings. The van der Waals surface area contributed by atoms with E-state index in [1.807, 2.05) is 24.2 Å². The van der Waals surface area contributed by atoms with E-state index in [2.05, 4.69) is 62.6 Å². The fraction of sp³-hybridized carbons (Fsp3) is 0.478. The van der Waals surface area contributed by atoms with Gasteiger partial charge < -0.3 is 10.5 Å². The van der Waals surface area contributed by atoms with E-state index in [0.29, 0.717) is 17.8 Å². The van der Waals surface area contributed by atoms with Crippen molar-refractivity contribution in [3.63, 3.8) is 0 Å². The first kappa shape index (κ1) is 20.1. The Bertz CT molecular complexity index is 1020. The Hall–Kier alpha value is -2.84. The number of benzene rings is 1. The monoisotopic (exact) mass is 419 g/mol. The number of hydrogen-bond acceptors (Lipinski definition) is 7. The second-order valence-corrected chi connectivity index (χ2v) is 8.93. The van der Waals surface area contributed by atoms with Crippen LogP contribution in [0.3, 0.4) is 0 Å². The third-order valence-electron chi connectivity index (χ3n) is 6.79. The molecule has 0 unspecified atom stereocenters. The van der Waals surface area contributed by atoms with E-state index >= 15 is 0 Å². The van der Waals surface area contributed by atoms with Crippen LogP contribution >= 0.6 is 0 Å². The number of nitrogens with zero attached hydrogens (tertiary/aromatic N) is 6. The van der Waals surface area contributed by atoms with E-state index in [9.17, 15) is 0 Å². The lowest BCUT2D eigenvalue weighted by Gasteiger charge is -2.37. The van der Waals surface area contributed by atoms with Crippen molar-refractivity contribution in [1.29, 1.82) is 0 Å². The molecule has 162 valence electrons. The van der Waals surface area contributed by atoms with Crippen LogP contribution in [0.5, 0.6) is 0 Å². The van der Waals surface area contributed by atoms with E-state index in [1.165, 1.54) is 5.56 Å². The maximum Gasteiger partial charge on any atom is 0.219 e. The fourth-order valence-corrected chi connectivity index (χ4v) is 5.15. The van der Waals surface area contributed by atoms with Gasteiger partial charge in [0, 0.05) is 50.3 Å². The van der Waals surface area contributed by atoms with Crippen molar-refractivity contribution in [1.82, 2.24) is 29.9 Å². The van der Waals surface area contributed by atoms with Gasteiger partial charge in [-0.25, -0.2) is 14.6 Å². The molecule has 3 aromatic rings. The first-order valence-corrected chi connectivity index (χ1v) is 10.9. The Balaban J connectivity index is 1.29. The molecule has 1 aliphatic carbocycles. The second kappa shape index (κ2) is 8.36. The number of likely N-dealkylation sites (tertiary alicyclic amines) is 1. The number of methoxy groups -OCH3 is 1. The molecule has 8 heteroatoms. The summed E-state index contributed by atoms with van der Waals surface area (Å²) in [5.74, 6) is 1.58. The zero-order chi connectivity index (χ0) is 21.4. The summed E-state index contributed by atoms with van der Waals surface area (Å²) in [7, 11) is 1.81. The minimum atomic E-state index is 0.147. The summed E-state index contributed by atoms with van der Waals surface area (Å²) >= 11 is 0. The molecule has 5 rings (SSSR count). The molecule has 8 nitrogen and oxygen atoms in total. The molecule has 1 saturated heterocycles. The van der Waals surface area contributed by atoms with Crippen LogP contribution in [0.2, 0.25) is 0 Å². The first-order chi connectivity index (χ1) is 15.1. The van der Waals surface area contributed by atoms with E-state index in [-0.39, 0.29) is 12.1 Å². The van der Waals surface area contributed by atoms with Crippen LogP contribution in [-0.2, 0) is 11.3 Å². The Labute approximate surface area is 182 Å². The molecule has 1 saturated carbocycles. The molecule has 3 heterocycles. The lowest BCUT2D eigenvalue weighted by atomic mass is 9.77. The zero-order valence-electron chi connectivity index (χ0n) is 18.1. The number of nitrogens with two attached hydrogens (primary N) is 1. The lowest BCUT2D eigenvalue weighted by Crippen LogP contribution is -2.37. The Morgan fingerprint density at radius 1 is 1.06 bits per heavy atom. The second-order valence-electron chi connectivity index (χ2n) is 8.93. The molecular weight excluding hydrogens is 390 g/mol. The van der Waals surface area contributed by atoms with Crippen molar-refractivity contribution in [2.24, 2.45) is 11.8 Å². The van der Waals surface area contributed by atoms with Gasteiger partial charge in [0.1, 0.15) is 5.69 Å². The minimum absolute atomic E-state index is 0.147. The summed E-state index contributed by atoms with van der Waals surface area (Å²) in [5, 5.41) is 8.94.